The van der Waals surface area contributed by atoms with Gasteiger partial charge in [0.15, 0.2) is 0 Å². The van der Waals surface area contributed by atoms with Gasteiger partial charge in [-0.25, -0.2) is 0 Å². The second-order valence-electron chi connectivity index (χ2n) is 4.68. The van der Waals surface area contributed by atoms with Gasteiger partial charge < -0.3 is 14.6 Å². The first-order valence-corrected chi connectivity index (χ1v) is 6.73. The Morgan fingerprint density at radius 1 is 1.19 bits per heavy atom. The van der Waals surface area contributed by atoms with E-state index in [1.165, 1.54) is 6.26 Å². The Labute approximate surface area is 123 Å². The largest absolute Gasteiger partial charge is 0.469 e. The molecule has 1 N–H and O–H groups in total. The van der Waals surface area contributed by atoms with Gasteiger partial charge in [0.2, 0.25) is 5.91 Å². The van der Waals surface area contributed by atoms with E-state index in [1.807, 2.05) is 30.3 Å². The molecule has 2 amide bonds. The van der Waals surface area contributed by atoms with Crippen LogP contribution in [0.5, 0.6) is 0 Å². The molecule has 0 aliphatic heterocycles. The van der Waals surface area contributed by atoms with Crippen LogP contribution >= 0.6 is 0 Å². The van der Waals surface area contributed by atoms with Gasteiger partial charge in [-0.2, -0.15) is 0 Å². The molecule has 0 saturated carbocycles. The molecule has 0 saturated heterocycles. The predicted octanol–water partition coefficient (Wildman–Crippen LogP) is 2.37. The number of nitrogens with zero attached hydrogens (tertiary/aromatic N) is 1. The van der Waals surface area contributed by atoms with Crippen molar-refractivity contribution in [2.24, 2.45) is 0 Å². The van der Waals surface area contributed by atoms with Gasteiger partial charge >= 0.3 is 0 Å². The van der Waals surface area contributed by atoms with Crippen LogP contribution in [0.4, 0.5) is 5.69 Å². The Kier molecular flexibility index (Phi) is 4.77. The number of hydrogen-bond acceptors (Lipinski definition) is 3. The quantitative estimate of drug-likeness (QED) is 0.918. The van der Waals surface area contributed by atoms with Crippen LogP contribution in [0.25, 0.3) is 0 Å². The second-order valence-corrected chi connectivity index (χ2v) is 4.68. The van der Waals surface area contributed by atoms with Crippen LogP contribution in [0.3, 0.4) is 0 Å². The van der Waals surface area contributed by atoms with Crippen LogP contribution in [0.1, 0.15) is 22.5 Å². The van der Waals surface area contributed by atoms with Gasteiger partial charge in [0.25, 0.3) is 5.91 Å². The highest BCUT2D eigenvalue weighted by atomic mass is 16.3. The molecule has 1 aromatic heterocycles. The highest BCUT2D eigenvalue weighted by Gasteiger charge is 2.13. The maximum atomic E-state index is 12.0. The lowest BCUT2D eigenvalue weighted by molar-refractivity contribution is -0.118. The molecule has 1 aromatic carbocycles. The minimum absolute atomic E-state index is 0.0505. The van der Waals surface area contributed by atoms with E-state index in [1.54, 1.807) is 24.9 Å². The average molecular weight is 286 g/mol. The fraction of sp³-hybridized carbons (Fsp3) is 0.250. The molecule has 1 heterocycles. The monoisotopic (exact) mass is 286 g/mol. The molecule has 21 heavy (non-hydrogen) atoms. The SMILES string of the molecule is Cc1occc1C(=O)NCCC(=O)N(C)c1ccccc1. The van der Waals surface area contributed by atoms with Crippen molar-refractivity contribution in [2.75, 3.05) is 18.5 Å². The number of amides is 2. The van der Waals surface area contributed by atoms with E-state index in [-0.39, 0.29) is 18.2 Å². The van der Waals surface area contributed by atoms with Gasteiger partial charge in [-0.3, -0.25) is 9.59 Å². The zero-order valence-corrected chi connectivity index (χ0v) is 12.1. The minimum Gasteiger partial charge on any atom is -0.469 e. The number of rotatable bonds is 5. The first-order chi connectivity index (χ1) is 10.1. The zero-order chi connectivity index (χ0) is 15.2. The van der Waals surface area contributed by atoms with Crippen LogP contribution in [0, 0.1) is 6.92 Å². The summed E-state index contributed by atoms with van der Waals surface area (Å²) in [6.45, 7) is 2.02. The second kappa shape index (κ2) is 6.74. The first kappa shape index (κ1) is 14.8. The molecule has 0 spiro atoms. The van der Waals surface area contributed by atoms with Crippen molar-refractivity contribution in [3.63, 3.8) is 0 Å². The molecule has 0 fully saturated rings. The van der Waals surface area contributed by atoms with Gasteiger partial charge in [0.05, 0.1) is 11.8 Å². The van der Waals surface area contributed by atoms with Gasteiger partial charge in [0.1, 0.15) is 5.76 Å². The van der Waals surface area contributed by atoms with Gasteiger partial charge in [-0.05, 0) is 25.1 Å². The maximum absolute atomic E-state index is 12.0. The Morgan fingerprint density at radius 2 is 1.90 bits per heavy atom. The Bertz CT molecular complexity index is 619. The summed E-state index contributed by atoms with van der Waals surface area (Å²) in [5.41, 5.74) is 1.33. The number of hydrogen-bond donors (Lipinski definition) is 1. The molecule has 110 valence electrons. The predicted molar refractivity (Wildman–Crippen MR) is 80.2 cm³/mol. The van der Waals surface area contributed by atoms with Crippen LogP contribution in [-0.2, 0) is 4.79 Å². The minimum atomic E-state index is -0.226. The highest BCUT2D eigenvalue weighted by molar-refractivity contribution is 5.96. The Hall–Kier alpha value is -2.56. The van der Waals surface area contributed by atoms with Crippen LogP contribution in [-0.4, -0.2) is 25.4 Å². The van der Waals surface area contributed by atoms with Crippen LogP contribution in [0.2, 0.25) is 0 Å². The zero-order valence-electron chi connectivity index (χ0n) is 12.1. The fourth-order valence-corrected chi connectivity index (χ4v) is 1.96. The average Bonchev–Trinajstić information content (AvgIpc) is 2.93. The molecule has 0 unspecified atom stereocenters. The summed E-state index contributed by atoms with van der Waals surface area (Å²) >= 11 is 0. The molecular formula is C16H18N2O3. The van der Waals surface area contributed by atoms with Crippen LogP contribution in [0.15, 0.2) is 47.1 Å². The van der Waals surface area contributed by atoms with Crippen molar-refractivity contribution in [1.29, 1.82) is 0 Å². The summed E-state index contributed by atoms with van der Waals surface area (Å²) in [4.78, 5) is 25.5. The molecule has 5 heteroatoms. The summed E-state index contributed by atoms with van der Waals surface area (Å²) in [5, 5.41) is 2.72. The molecule has 0 aliphatic rings. The third-order valence-corrected chi connectivity index (χ3v) is 3.25. The van der Waals surface area contributed by atoms with Gasteiger partial charge in [-0.1, -0.05) is 18.2 Å². The number of carbonyl (C=O) groups is 2. The van der Waals surface area contributed by atoms with Crippen molar-refractivity contribution < 1.29 is 14.0 Å². The van der Waals surface area contributed by atoms with E-state index in [9.17, 15) is 9.59 Å². The highest BCUT2D eigenvalue weighted by Crippen LogP contribution is 2.12. The molecule has 0 aliphatic carbocycles. The third-order valence-electron chi connectivity index (χ3n) is 3.25. The van der Waals surface area contributed by atoms with E-state index in [4.69, 9.17) is 4.42 Å². The van der Waals surface area contributed by atoms with Crippen molar-refractivity contribution in [2.45, 2.75) is 13.3 Å². The summed E-state index contributed by atoms with van der Waals surface area (Å²) in [6.07, 6.45) is 1.71. The molecule has 0 bridgehead atoms. The van der Waals surface area contributed by atoms with E-state index >= 15 is 0 Å². The van der Waals surface area contributed by atoms with E-state index in [0.29, 0.717) is 17.9 Å². The van der Waals surface area contributed by atoms with Crippen LogP contribution < -0.4 is 10.2 Å². The van der Waals surface area contributed by atoms with Gasteiger partial charge in [0, 0.05) is 25.7 Å². The number of para-hydroxylation sites is 1. The number of nitrogens with one attached hydrogen (secondary N) is 1. The molecule has 5 nitrogen and oxygen atoms in total. The van der Waals surface area contributed by atoms with Gasteiger partial charge in [-0.15, -0.1) is 0 Å². The lowest BCUT2D eigenvalue weighted by Gasteiger charge is -2.17. The van der Waals surface area contributed by atoms with Crippen molar-refractivity contribution in [3.8, 4) is 0 Å². The van der Waals surface area contributed by atoms with E-state index in [2.05, 4.69) is 5.32 Å². The molecule has 2 rings (SSSR count). The van der Waals surface area contributed by atoms with Crippen molar-refractivity contribution in [3.05, 3.63) is 54.0 Å². The van der Waals surface area contributed by atoms with E-state index < -0.39 is 0 Å². The fourth-order valence-electron chi connectivity index (χ4n) is 1.96. The summed E-state index contributed by atoms with van der Waals surface area (Å²) in [7, 11) is 1.72. The summed E-state index contributed by atoms with van der Waals surface area (Å²) in [6, 6.07) is 11.0. The molecular weight excluding hydrogens is 268 g/mol. The molecule has 2 aromatic rings. The number of aryl methyl sites for hydroxylation is 1. The summed E-state index contributed by atoms with van der Waals surface area (Å²) < 4.78 is 5.07. The number of benzene rings is 1. The number of furan rings is 1. The Morgan fingerprint density at radius 3 is 2.52 bits per heavy atom. The third kappa shape index (κ3) is 3.72. The summed E-state index contributed by atoms with van der Waals surface area (Å²) in [5.74, 6) is 0.294. The topological polar surface area (TPSA) is 62.6 Å². The molecule has 0 radical (unpaired) electrons. The standard InChI is InChI=1S/C16H18N2O3/c1-12-14(9-11-21-12)16(20)17-10-8-15(19)18(2)13-6-4-3-5-7-13/h3-7,9,11H,8,10H2,1-2H3,(H,17,20). The van der Waals surface area contributed by atoms with Crippen molar-refractivity contribution in [1.82, 2.24) is 5.32 Å². The lowest BCUT2D eigenvalue weighted by Crippen LogP contribution is -2.32. The normalized spacial score (nSPS) is 10.2. The smallest absolute Gasteiger partial charge is 0.254 e. The number of carbonyl (C=O) groups excluding carboxylic acids is 2. The number of anilines is 1. The first-order valence-electron chi connectivity index (χ1n) is 6.73. The maximum Gasteiger partial charge on any atom is 0.254 e. The lowest BCUT2D eigenvalue weighted by atomic mass is 10.2. The molecule has 0 atom stereocenters. The Balaban J connectivity index is 1.82. The van der Waals surface area contributed by atoms with E-state index in [0.717, 1.165) is 5.69 Å². The van der Waals surface area contributed by atoms with Crippen molar-refractivity contribution >= 4 is 17.5 Å².